The lowest BCUT2D eigenvalue weighted by Crippen LogP contribution is -2.43. The molecule has 166 valence electrons. The van der Waals surface area contributed by atoms with Gasteiger partial charge >= 0.3 is 6.03 Å². The number of para-hydroxylation sites is 1. The fourth-order valence-electron chi connectivity index (χ4n) is 4.59. The first kappa shape index (κ1) is 21.4. The van der Waals surface area contributed by atoms with E-state index < -0.39 is 0 Å². The summed E-state index contributed by atoms with van der Waals surface area (Å²) in [5.41, 5.74) is 9.00. The summed E-state index contributed by atoms with van der Waals surface area (Å²) in [6.07, 6.45) is 9.84. The van der Waals surface area contributed by atoms with Crippen molar-refractivity contribution in [3.63, 3.8) is 0 Å². The van der Waals surface area contributed by atoms with Crippen molar-refractivity contribution in [1.82, 2.24) is 25.2 Å². The van der Waals surface area contributed by atoms with E-state index in [9.17, 15) is 4.79 Å². The molecule has 0 bridgehead atoms. The minimum Gasteiger partial charge on any atom is -0.382 e. The molecule has 0 unspecified atom stereocenters. The number of benzene rings is 1. The number of rotatable bonds is 8. The van der Waals surface area contributed by atoms with Crippen molar-refractivity contribution >= 4 is 33.8 Å². The van der Waals surface area contributed by atoms with Gasteiger partial charge in [-0.3, -0.25) is 0 Å². The van der Waals surface area contributed by atoms with Crippen LogP contribution in [0, 0.1) is 0 Å². The molecular formula is C24H34N6O. The van der Waals surface area contributed by atoms with Gasteiger partial charge in [-0.25, -0.2) is 14.8 Å². The lowest BCUT2D eigenvalue weighted by Gasteiger charge is -2.22. The summed E-state index contributed by atoms with van der Waals surface area (Å²) in [5.74, 6) is 1.53. The second-order valence-electron chi connectivity index (χ2n) is 8.58. The Morgan fingerprint density at radius 3 is 2.77 bits per heavy atom. The van der Waals surface area contributed by atoms with Gasteiger partial charge in [0.05, 0.1) is 11.0 Å². The van der Waals surface area contributed by atoms with Crippen molar-refractivity contribution in [3.8, 4) is 0 Å². The number of aromatic nitrogens is 3. The topological polar surface area (TPSA) is 97.9 Å². The number of unbranched alkanes of at least 4 members (excludes halogenated alkanes) is 1. The van der Waals surface area contributed by atoms with Gasteiger partial charge in [0, 0.05) is 30.9 Å². The van der Waals surface area contributed by atoms with Crippen molar-refractivity contribution in [3.05, 3.63) is 30.1 Å². The van der Waals surface area contributed by atoms with E-state index in [1.807, 2.05) is 18.2 Å². The van der Waals surface area contributed by atoms with Crippen LogP contribution >= 0.6 is 0 Å². The number of nitrogen functional groups attached to an aromatic ring is 1. The first-order chi connectivity index (χ1) is 15.2. The molecule has 2 aromatic heterocycles. The number of fused-ring (bicyclic) bond motifs is 3. The quantitative estimate of drug-likeness (QED) is 0.465. The Bertz CT molecular complexity index is 1040. The number of imidazole rings is 1. The molecule has 1 aliphatic rings. The highest BCUT2D eigenvalue weighted by Crippen LogP contribution is 2.29. The molecule has 1 saturated carbocycles. The van der Waals surface area contributed by atoms with Gasteiger partial charge in [0.15, 0.2) is 5.82 Å². The molecule has 1 aromatic carbocycles. The lowest BCUT2D eigenvalue weighted by molar-refractivity contribution is 0.232. The molecule has 4 N–H and O–H groups in total. The Morgan fingerprint density at radius 1 is 1.16 bits per heavy atom. The first-order valence-electron chi connectivity index (χ1n) is 11.7. The van der Waals surface area contributed by atoms with E-state index in [0.717, 1.165) is 72.8 Å². The number of carbonyl (C=O) groups is 1. The van der Waals surface area contributed by atoms with Crippen molar-refractivity contribution in [2.45, 2.75) is 77.3 Å². The number of hydrogen-bond donors (Lipinski definition) is 3. The summed E-state index contributed by atoms with van der Waals surface area (Å²) in [4.78, 5) is 21.7. The van der Waals surface area contributed by atoms with Crippen LogP contribution in [0.25, 0.3) is 21.9 Å². The molecule has 0 saturated heterocycles. The zero-order chi connectivity index (χ0) is 21.6. The van der Waals surface area contributed by atoms with Crippen LogP contribution in [0.4, 0.5) is 10.6 Å². The van der Waals surface area contributed by atoms with Crippen LogP contribution in [0.3, 0.4) is 0 Å². The predicted molar refractivity (Wildman–Crippen MR) is 126 cm³/mol. The molecule has 0 atom stereocenters. The zero-order valence-electron chi connectivity index (χ0n) is 18.5. The molecular weight excluding hydrogens is 388 g/mol. The van der Waals surface area contributed by atoms with Crippen molar-refractivity contribution < 1.29 is 4.79 Å². The van der Waals surface area contributed by atoms with Gasteiger partial charge in [0.2, 0.25) is 0 Å². The van der Waals surface area contributed by atoms with Crippen molar-refractivity contribution in [1.29, 1.82) is 0 Å². The second kappa shape index (κ2) is 9.98. The molecule has 2 amide bonds. The van der Waals surface area contributed by atoms with Gasteiger partial charge in [-0.1, -0.05) is 50.8 Å². The smallest absolute Gasteiger partial charge is 0.315 e. The summed E-state index contributed by atoms with van der Waals surface area (Å²) in [6, 6.07) is 8.36. The number of nitrogens with one attached hydrogen (secondary N) is 2. The minimum absolute atomic E-state index is 0.0486. The summed E-state index contributed by atoms with van der Waals surface area (Å²) < 4.78 is 2.28. The van der Waals surface area contributed by atoms with Crippen LogP contribution in [0.2, 0.25) is 0 Å². The maximum absolute atomic E-state index is 12.2. The van der Waals surface area contributed by atoms with E-state index in [-0.39, 0.29) is 6.03 Å². The van der Waals surface area contributed by atoms with Crippen LogP contribution in [0.15, 0.2) is 24.3 Å². The number of aryl methyl sites for hydroxylation is 2. The normalized spacial score (nSPS) is 14.9. The average molecular weight is 423 g/mol. The number of nitrogens with zero attached hydrogens (tertiary/aromatic N) is 3. The minimum atomic E-state index is -0.0486. The SMILES string of the molecule is CCCCc1nc2c(N)nc3ccccc3c2n1CCCNC(=O)NC1CCCCC1. The third kappa shape index (κ3) is 4.92. The molecule has 31 heavy (non-hydrogen) atoms. The molecule has 1 fully saturated rings. The highest BCUT2D eigenvalue weighted by Gasteiger charge is 2.18. The predicted octanol–water partition coefficient (Wildman–Crippen LogP) is 4.53. The van der Waals surface area contributed by atoms with E-state index in [0.29, 0.717) is 18.4 Å². The number of nitrogens with two attached hydrogens (primary N) is 1. The molecule has 1 aliphatic carbocycles. The van der Waals surface area contributed by atoms with Crippen LogP contribution in [-0.2, 0) is 13.0 Å². The third-order valence-corrected chi connectivity index (χ3v) is 6.23. The number of pyridine rings is 1. The average Bonchev–Trinajstić information content (AvgIpc) is 3.15. The molecule has 0 radical (unpaired) electrons. The Labute approximate surface area is 183 Å². The number of amides is 2. The van der Waals surface area contributed by atoms with Crippen LogP contribution in [0.5, 0.6) is 0 Å². The van der Waals surface area contributed by atoms with Crippen molar-refractivity contribution in [2.24, 2.45) is 0 Å². The molecule has 7 heteroatoms. The molecule has 3 aromatic rings. The van der Waals surface area contributed by atoms with Gasteiger partial charge in [0.1, 0.15) is 11.3 Å². The second-order valence-corrected chi connectivity index (χ2v) is 8.58. The highest BCUT2D eigenvalue weighted by atomic mass is 16.2. The molecule has 0 aliphatic heterocycles. The van der Waals surface area contributed by atoms with Crippen molar-refractivity contribution in [2.75, 3.05) is 12.3 Å². The summed E-state index contributed by atoms with van der Waals surface area (Å²) >= 11 is 0. The van der Waals surface area contributed by atoms with Gasteiger partial charge in [-0.15, -0.1) is 0 Å². The van der Waals surface area contributed by atoms with Crippen LogP contribution in [0.1, 0.15) is 64.1 Å². The largest absolute Gasteiger partial charge is 0.382 e. The Balaban J connectivity index is 1.48. The fraction of sp³-hybridized carbons (Fsp3) is 0.542. The summed E-state index contributed by atoms with van der Waals surface area (Å²) in [6.45, 7) is 3.60. The van der Waals surface area contributed by atoms with Crippen LogP contribution < -0.4 is 16.4 Å². The summed E-state index contributed by atoms with van der Waals surface area (Å²) in [5, 5.41) is 7.22. The molecule has 7 nitrogen and oxygen atoms in total. The van der Waals surface area contributed by atoms with Gasteiger partial charge < -0.3 is 20.9 Å². The maximum Gasteiger partial charge on any atom is 0.315 e. The number of carbonyl (C=O) groups excluding carboxylic acids is 1. The Morgan fingerprint density at radius 2 is 1.97 bits per heavy atom. The van der Waals surface area contributed by atoms with E-state index in [1.165, 1.54) is 19.3 Å². The molecule has 2 heterocycles. The van der Waals surface area contributed by atoms with E-state index >= 15 is 0 Å². The number of hydrogen-bond acceptors (Lipinski definition) is 4. The first-order valence-corrected chi connectivity index (χ1v) is 11.7. The Hall–Kier alpha value is -2.83. The Kier molecular flexibility index (Phi) is 6.89. The third-order valence-electron chi connectivity index (χ3n) is 6.23. The monoisotopic (exact) mass is 422 g/mol. The van der Waals surface area contributed by atoms with Gasteiger partial charge in [-0.2, -0.15) is 0 Å². The lowest BCUT2D eigenvalue weighted by atomic mass is 9.96. The summed E-state index contributed by atoms with van der Waals surface area (Å²) in [7, 11) is 0. The van der Waals surface area contributed by atoms with Crippen LogP contribution in [-0.4, -0.2) is 33.2 Å². The van der Waals surface area contributed by atoms with E-state index in [4.69, 9.17) is 10.7 Å². The fourth-order valence-corrected chi connectivity index (χ4v) is 4.59. The van der Waals surface area contributed by atoms with Gasteiger partial charge in [-0.05, 0) is 31.7 Å². The standard InChI is InChI=1S/C24H34N6O/c1-2-3-14-20-29-21-22(18-12-7-8-13-19(18)28-23(21)25)30(20)16-9-15-26-24(31)27-17-10-5-4-6-11-17/h7-8,12-13,17H,2-6,9-11,14-16H2,1H3,(H2,25,28)(H2,26,27,31). The molecule has 0 spiro atoms. The van der Waals surface area contributed by atoms with Gasteiger partial charge in [0.25, 0.3) is 0 Å². The van der Waals surface area contributed by atoms with E-state index in [1.54, 1.807) is 0 Å². The highest BCUT2D eigenvalue weighted by molar-refractivity contribution is 6.06. The number of urea groups is 1. The maximum atomic E-state index is 12.2. The number of anilines is 1. The zero-order valence-corrected chi connectivity index (χ0v) is 18.5. The molecule has 4 rings (SSSR count). The van der Waals surface area contributed by atoms with E-state index in [2.05, 4.69) is 33.2 Å².